The standard InChI is InChI=1S/C8H10O/c1-7(9)8-5-3-2-4-6-8/h2-7,9H,1H3/i2D,3D,4D,5D,6D. The molecule has 1 N–H and O–H groups in total. The van der Waals surface area contributed by atoms with Crippen molar-refractivity contribution in [1.82, 2.24) is 0 Å². The summed E-state index contributed by atoms with van der Waals surface area (Å²) in [6, 6.07) is -1.95. The van der Waals surface area contributed by atoms with E-state index in [-0.39, 0.29) is 17.6 Å². The Morgan fingerprint density at radius 1 is 1.44 bits per heavy atom. The van der Waals surface area contributed by atoms with Crippen LogP contribution in [0.25, 0.3) is 0 Å². The second-order valence-electron chi connectivity index (χ2n) is 1.71. The summed E-state index contributed by atoms with van der Waals surface area (Å²) in [4.78, 5) is 0. The maximum absolute atomic E-state index is 9.26. The van der Waals surface area contributed by atoms with Crippen molar-refractivity contribution >= 4 is 0 Å². The summed E-state index contributed by atoms with van der Waals surface area (Å²) < 4.78 is 36.8. The molecule has 1 heteroatoms. The zero-order chi connectivity index (χ0) is 11.0. The third kappa shape index (κ3) is 1.54. The molecule has 1 aromatic rings. The SMILES string of the molecule is [2H]c1c([2H])c([2H])c(C(C)O)c([2H])c1[2H]. The fourth-order valence-electron chi connectivity index (χ4n) is 0.469. The molecule has 0 spiro atoms. The number of benzene rings is 1. The summed E-state index contributed by atoms with van der Waals surface area (Å²) in [5.74, 6) is 0. The Balaban J connectivity index is 3.60. The van der Waals surface area contributed by atoms with Crippen LogP contribution in [0.3, 0.4) is 0 Å². The van der Waals surface area contributed by atoms with E-state index in [1.165, 1.54) is 6.92 Å². The van der Waals surface area contributed by atoms with Gasteiger partial charge in [-0.15, -0.1) is 0 Å². The van der Waals surface area contributed by atoms with E-state index in [9.17, 15) is 5.11 Å². The smallest absolute Gasteiger partial charge is 0.0761 e. The van der Waals surface area contributed by atoms with Crippen molar-refractivity contribution in [3.05, 3.63) is 35.8 Å². The minimum atomic E-state index is -1.07. The van der Waals surface area contributed by atoms with Crippen LogP contribution in [0, 0.1) is 0 Å². The van der Waals surface area contributed by atoms with Crippen LogP contribution in [0.4, 0.5) is 0 Å². The van der Waals surface area contributed by atoms with Gasteiger partial charge in [-0.25, -0.2) is 0 Å². The Kier molecular flexibility index (Phi) is 0.714. The quantitative estimate of drug-likeness (QED) is 0.609. The molecule has 1 atom stereocenters. The first-order valence-electron chi connectivity index (χ1n) is 5.12. The lowest BCUT2D eigenvalue weighted by molar-refractivity contribution is 0.199. The van der Waals surface area contributed by atoms with Gasteiger partial charge >= 0.3 is 0 Å². The number of aliphatic hydroxyl groups is 1. The number of hydrogen-bond donors (Lipinski definition) is 1. The Labute approximate surface area is 62.0 Å². The molecule has 0 aliphatic carbocycles. The highest BCUT2D eigenvalue weighted by molar-refractivity contribution is 5.16. The molecule has 0 bridgehead atoms. The summed E-state index contributed by atoms with van der Waals surface area (Å²) in [5, 5.41) is 9.26. The van der Waals surface area contributed by atoms with E-state index in [1.54, 1.807) is 0 Å². The fraction of sp³-hybridized carbons (Fsp3) is 0.250. The zero-order valence-electron chi connectivity index (χ0n) is 10.0. The fourth-order valence-corrected chi connectivity index (χ4v) is 0.469. The van der Waals surface area contributed by atoms with Gasteiger partial charge in [0.15, 0.2) is 0 Å². The second kappa shape index (κ2) is 2.65. The third-order valence-electron chi connectivity index (χ3n) is 0.937. The van der Waals surface area contributed by atoms with Gasteiger partial charge in [-0.1, -0.05) is 30.2 Å². The van der Waals surface area contributed by atoms with E-state index in [0.29, 0.717) is 0 Å². The maximum atomic E-state index is 9.26. The molecule has 1 aromatic carbocycles. The molecule has 0 radical (unpaired) electrons. The highest BCUT2D eigenvalue weighted by Gasteiger charge is 1.95. The van der Waals surface area contributed by atoms with E-state index in [0.717, 1.165) is 0 Å². The Morgan fingerprint density at radius 3 is 2.44 bits per heavy atom. The molecular formula is C8H10O. The van der Waals surface area contributed by atoms with Crippen molar-refractivity contribution in [3.63, 3.8) is 0 Å². The first-order valence-corrected chi connectivity index (χ1v) is 2.62. The van der Waals surface area contributed by atoms with Crippen molar-refractivity contribution in [1.29, 1.82) is 0 Å². The third-order valence-corrected chi connectivity index (χ3v) is 0.937. The molecule has 0 aromatic heterocycles. The van der Waals surface area contributed by atoms with Gasteiger partial charge in [-0.3, -0.25) is 0 Å². The molecule has 0 fully saturated rings. The lowest BCUT2D eigenvalue weighted by atomic mass is 10.1. The first kappa shape index (κ1) is 2.43. The van der Waals surface area contributed by atoms with Gasteiger partial charge in [-0.2, -0.15) is 0 Å². The topological polar surface area (TPSA) is 20.2 Å². The van der Waals surface area contributed by atoms with Crippen molar-refractivity contribution in [3.8, 4) is 0 Å². The van der Waals surface area contributed by atoms with E-state index < -0.39 is 24.2 Å². The van der Waals surface area contributed by atoms with Gasteiger partial charge in [0.2, 0.25) is 0 Å². The highest BCUT2D eigenvalue weighted by Crippen LogP contribution is 2.08. The number of aliphatic hydroxyl groups excluding tert-OH is 1. The van der Waals surface area contributed by atoms with Crippen LogP contribution >= 0.6 is 0 Å². The average molecular weight is 127 g/mol. The molecule has 1 nitrogen and oxygen atoms in total. The van der Waals surface area contributed by atoms with Gasteiger partial charge in [0.25, 0.3) is 0 Å². The van der Waals surface area contributed by atoms with E-state index in [2.05, 4.69) is 0 Å². The van der Waals surface area contributed by atoms with Crippen molar-refractivity contribution < 1.29 is 12.0 Å². The van der Waals surface area contributed by atoms with Gasteiger partial charge < -0.3 is 5.11 Å². The molecule has 0 aliphatic rings. The normalized spacial score (nSPS) is 20.9. The van der Waals surface area contributed by atoms with Crippen LogP contribution in [0.15, 0.2) is 30.2 Å². The monoisotopic (exact) mass is 127 g/mol. The van der Waals surface area contributed by atoms with Crippen molar-refractivity contribution in [2.45, 2.75) is 13.0 Å². The molecule has 0 saturated carbocycles. The number of rotatable bonds is 1. The van der Waals surface area contributed by atoms with Gasteiger partial charge in [0, 0.05) is 0 Å². The Morgan fingerprint density at radius 2 is 2.00 bits per heavy atom. The van der Waals surface area contributed by atoms with Gasteiger partial charge in [-0.05, 0) is 12.5 Å². The van der Waals surface area contributed by atoms with Crippen LogP contribution in [0.5, 0.6) is 0 Å². The molecule has 48 valence electrons. The van der Waals surface area contributed by atoms with E-state index in [4.69, 9.17) is 6.85 Å². The summed E-state index contributed by atoms with van der Waals surface area (Å²) in [5.41, 5.74) is -0.0593. The second-order valence-corrected chi connectivity index (χ2v) is 1.71. The summed E-state index contributed by atoms with van der Waals surface area (Å²) >= 11 is 0. The van der Waals surface area contributed by atoms with E-state index in [1.807, 2.05) is 0 Å². The molecule has 9 heavy (non-hydrogen) atoms. The molecular weight excluding hydrogens is 112 g/mol. The summed E-state index contributed by atoms with van der Waals surface area (Å²) in [7, 11) is 0. The molecule has 0 saturated heterocycles. The van der Waals surface area contributed by atoms with Crippen molar-refractivity contribution in [2.24, 2.45) is 0 Å². The van der Waals surface area contributed by atoms with Crippen LogP contribution in [-0.4, -0.2) is 5.11 Å². The minimum absolute atomic E-state index is 0.0593. The minimum Gasteiger partial charge on any atom is -0.389 e. The van der Waals surface area contributed by atoms with Crippen LogP contribution in [0.1, 0.15) is 25.4 Å². The Bertz CT molecular complexity index is 345. The number of hydrogen-bond acceptors (Lipinski definition) is 1. The summed E-state index contributed by atoms with van der Waals surface area (Å²) in [6.07, 6.45) is -1.07. The predicted molar refractivity (Wildman–Crippen MR) is 37.1 cm³/mol. The largest absolute Gasteiger partial charge is 0.389 e. The first-order chi connectivity index (χ1) is 6.37. The van der Waals surface area contributed by atoms with Gasteiger partial charge in [0.1, 0.15) is 0 Å². The van der Waals surface area contributed by atoms with E-state index >= 15 is 0 Å². The molecule has 1 rings (SSSR count). The molecule has 1 unspecified atom stereocenters. The molecule has 0 heterocycles. The average Bonchev–Trinajstić information content (AvgIpc) is 2.11. The lowest BCUT2D eigenvalue weighted by Gasteiger charge is -2.00. The van der Waals surface area contributed by atoms with Crippen LogP contribution in [-0.2, 0) is 0 Å². The van der Waals surface area contributed by atoms with Crippen LogP contribution in [0.2, 0.25) is 0 Å². The highest BCUT2D eigenvalue weighted by atomic mass is 16.3. The maximum Gasteiger partial charge on any atom is 0.0761 e. The predicted octanol–water partition coefficient (Wildman–Crippen LogP) is 1.74. The van der Waals surface area contributed by atoms with Crippen molar-refractivity contribution in [2.75, 3.05) is 0 Å². The van der Waals surface area contributed by atoms with Crippen LogP contribution < -0.4 is 0 Å². The lowest BCUT2D eigenvalue weighted by Crippen LogP contribution is -1.87. The molecule has 0 aliphatic heterocycles. The zero-order valence-corrected chi connectivity index (χ0v) is 5.02. The van der Waals surface area contributed by atoms with Gasteiger partial charge in [0.05, 0.1) is 13.0 Å². The Hall–Kier alpha value is -0.820. The summed E-state index contributed by atoms with van der Waals surface area (Å²) in [6.45, 7) is 1.37. The molecule has 0 amide bonds.